The number of anilines is 2. The third-order valence-electron chi connectivity index (χ3n) is 1.01. The zero-order chi connectivity index (χ0) is 7.52. The number of nitrogens with zero attached hydrogens (tertiary/aromatic N) is 3. The lowest BCUT2D eigenvalue weighted by atomic mass is 11.0. The minimum atomic E-state index is 0.778. The van der Waals surface area contributed by atoms with E-state index >= 15 is 0 Å². The summed E-state index contributed by atoms with van der Waals surface area (Å²) in [7, 11) is 0. The Bertz CT molecular complexity index is 269. The molecular formula is C5H4N4S2. The largest absolute Gasteiger partial charge is 0.306 e. The van der Waals surface area contributed by atoms with Gasteiger partial charge < -0.3 is 5.32 Å². The van der Waals surface area contributed by atoms with E-state index in [4.69, 9.17) is 0 Å². The van der Waals surface area contributed by atoms with Crippen LogP contribution in [0.15, 0.2) is 17.1 Å². The van der Waals surface area contributed by atoms with Crippen molar-refractivity contribution in [3.8, 4) is 0 Å². The van der Waals surface area contributed by atoms with Crippen LogP contribution < -0.4 is 5.32 Å². The highest BCUT2D eigenvalue weighted by Crippen LogP contribution is 2.18. The normalized spacial score (nSPS) is 9.82. The van der Waals surface area contributed by atoms with E-state index in [1.807, 2.05) is 5.38 Å². The van der Waals surface area contributed by atoms with E-state index in [-0.39, 0.29) is 0 Å². The van der Waals surface area contributed by atoms with E-state index in [0.717, 1.165) is 10.3 Å². The first-order valence-electron chi connectivity index (χ1n) is 2.88. The number of aromatic nitrogens is 3. The average molecular weight is 184 g/mol. The van der Waals surface area contributed by atoms with Crippen molar-refractivity contribution < 1.29 is 0 Å². The molecule has 2 rings (SSSR count). The molecule has 0 fully saturated rings. The molecule has 0 aliphatic heterocycles. The van der Waals surface area contributed by atoms with Crippen LogP contribution in [0.3, 0.4) is 0 Å². The fourth-order valence-corrected chi connectivity index (χ4v) is 1.64. The molecule has 0 amide bonds. The van der Waals surface area contributed by atoms with Gasteiger partial charge in [0, 0.05) is 11.6 Å². The van der Waals surface area contributed by atoms with Gasteiger partial charge in [-0.15, -0.1) is 21.5 Å². The van der Waals surface area contributed by atoms with Crippen LogP contribution in [0.5, 0.6) is 0 Å². The molecule has 0 aliphatic rings. The Morgan fingerprint density at radius 3 is 2.91 bits per heavy atom. The smallest absolute Gasteiger partial charge is 0.211 e. The predicted molar refractivity (Wildman–Crippen MR) is 45.3 cm³/mol. The van der Waals surface area contributed by atoms with Gasteiger partial charge in [0.05, 0.1) is 0 Å². The average Bonchev–Trinajstić information content (AvgIpc) is 2.60. The number of hydrogen-bond acceptors (Lipinski definition) is 6. The van der Waals surface area contributed by atoms with E-state index in [9.17, 15) is 0 Å². The molecule has 0 spiro atoms. The maximum Gasteiger partial charge on any atom is 0.211 e. The third kappa shape index (κ3) is 1.52. The zero-order valence-electron chi connectivity index (χ0n) is 5.39. The fourth-order valence-electron chi connectivity index (χ4n) is 0.604. The molecule has 4 nitrogen and oxygen atoms in total. The van der Waals surface area contributed by atoms with Gasteiger partial charge in [0.1, 0.15) is 5.51 Å². The molecule has 0 aromatic carbocycles. The highest BCUT2D eigenvalue weighted by atomic mass is 32.1. The first-order valence-corrected chi connectivity index (χ1v) is 4.64. The van der Waals surface area contributed by atoms with E-state index in [1.54, 1.807) is 11.7 Å². The van der Waals surface area contributed by atoms with Gasteiger partial charge in [-0.1, -0.05) is 11.3 Å². The number of rotatable bonds is 2. The molecule has 0 saturated carbocycles. The number of nitrogens with one attached hydrogen (secondary N) is 1. The van der Waals surface area contributed by atoms with Gasteiger partial charge in [0.2, 0.25) is 5.13 Å². The first-order chi connectivity index (χ1) is 5.45. The Morgan fingerprint density at radius 2 is 2.27 bits per heavy atom. The van der Waals surface area contributed by atoms with Crippen molar-refractivity contribution >= 4 is 32.9 Å². The van der Waals surface area contributed by atoms with Crippen LogP contribution >= 0.6 is 22.7 Å². The molecule has 0 aliphatic carbocycles. The van der Waals surface area contributed by atoms with Crippen LogP contribution in [0, 0.1) is 0 Å². The second-order valence-electron chi connectivity index (χ2n) is 1.71. The van der Waals surface area contributed by atoms with Crippen LogP contribution in [0.4, 0.5) is 10.3 Å². The van der Waals surface area contributed by atoms with Crippen molar-refractivity contribution in [1.82, 2.24) is 15.2 Å². The van der Waals surface area contributed by atoms with Crippen molar-refractivity contribution in [1.29, 1.82) is 0 Å². The second-order valence-corrected chi connectivity index (χ2v) is 3.43. The molecule has 6 heteroatoms. The van der Waals surface area contributed by atoms with Crippen molar-refractivity contribution in [2.24, 2.45) is 0 Å². The van der Waals surface area contributed by atoms with Crippen molar-refractivity contribution in [2.75, 3.05) is 5.32 Å². The SMILES string of the molecule is c1csc(Nc2nncs2)n1. The molecule has 0 saturated heterocycles. The molecule has 11 heavy (non-hydrogen) atoms. The lowest BCUT2D eigenvalue weighted by molar-refractivity contribution is 1.09. The van der Waals surface area contributed by atoms with E-state index < -0.39 is 0 Å². The Labute approximate surface area is 70.9 Å². The Hall–Kier alpha value is -1.01. The molecular weight excluding hydrogens is 180 g/mol. The lowest BCUT2D eigenvalue weighted by Crippen LogP contribution is -1.87. The molecule has 0 unspecified atom stereocenters. The summed E-state index contributed by atoms with van der Waals surface area (Å²) in [6.07, 6.45) is 1.74. The molecule has 0 radical (unpaired) electrons. The summed E-state index contributed by atoms with van der Waals surface area (Å²) < 4.78 is 0. The van der Waals surface area contributed by atoms with E-state index in [0.29, 0.717) is 0 Å². The topological polar surface area (TPSA) is 50.7 Å². The van der Waals surface area contributed by atoms with Crippen LogP contribution in [0.25, 0.3) is 0 Å². The van der Waals surface area contributed by atoms with Gasteiger partial charge in [0.25, 0.3) is 0 Å². The first kappa shape index (κ1) is 6.68. The minimum absolute atomic E-state index is 0.778. The Kier molecular flexibility index (Phi) is 1.78. The maximum absolute atomic E-state index is 4.04. The zero-order valence-corrected chi connectivity index (χ0v) is 7.02. The molecule has 0 atom stereocenters. The van der Waals surface area contributed by atoms with Gasteiger partial charge in [0.15, 0.2) is 5.13 Å². The third-order valence-corrected chi connectivity index (χ3v) is 2.30. The van der Waals surface area contributed by atoms with Crippen LogP contribution in [0.2, 0.25) is 0 Å². The molecule has 2 aromatic rings. The van der Waals surface area contributed by atoms with Gasteiger partial charge >= 0.3 is 0 Å². The van der Waals surface area contributed by atoms with Gasteiger partial charge in [-0.05, 0) is 0 Å². The van der Waals surface area contributed by atoms with Crippen LogP contribution in [0.1, 0.15) is 0 Å². The summed E-state index contributed by atoms with van der Waals surface area (Å²) >= 11 is 2.99. The number of thiazole rings is 1. The highest BCUT2D eigenvalue weighted by Gasteiger charge is 1.97. The molecule has 1 N–H and O–H groups in total. The van der Waals surface area contributed by atoms with Crippen LogP contribution in [-0.2, 0) is 0 Å². The molecule has 0 bridgehead atoms. The monoisotopic (exact) mass is 184 g/mol. The quantitative estimate of drug-likeness (QED) is 0.772. The molecule has 56 valence electrons. The summed E-state index contributed by atoms with van der Waals surface area (Å²) in [5, 5.41) is 14.0. The van der Waals surface area contributed by atoms with E-state index in [2.05, 4.69) is 20.5 Å². The summed E-state index contributed by atoms with van der Waals surface area (Å²) in [5.41, 5.74) is 1.68. The van der Waals surface area contributed by atoms with Crippen LogP contribution in [-0.4, -0.2) is 15.2 Å². The summed E-state index contributed by atoms with van der Waals surface area (Å²) in [6, 6.07) is 0. The standard InChI is InChI=1S/C5H4N4S2/c1-2-10-4(6-1)8-5-9-7-3-11-5/h1-3H,(H,6,8,9). The van der Waals surface area contributed by atoms with Gasteiger partial charge in [-0.25, -0.2) is 4.98 Å². The lowest BCUT2D eigenvalue weighted by Gasteiger charge is -1.91. The Morgan fingerprint density at radius 1 is 1.27 bits per heavy atom. The maximum atomic E-state index is 4.04. The fraction of sp³-hybridized carbons (Fsp3) is 0. The molecule has 2 heterocycles. The molecule has 2 aromatic heterocycles. The summed E-state index contributed by atoms with van der Waals surface area (Å²) in [4.78, 5) is 4.04. The van der Waals surface area contributed by atoms with Crippen molar-refractivity contribution in [3.63, 3.8) is 0 Å². The number of hydrogen-bond donors (Lipinski definition) is 1. The van der Waals surface area contributed by atoms with Gasteiger partial charge in [-0.3, -0.25) is 0 Å². The summed E-state index contributed by atoms with van der Waals surface area (Å²) in [5.74, 6) is 0. The second kappa shape index (κ2) is 2.93. The minimum Gasteiger partial charge on any atom is -0.306 e. The summed E-state index contributed by atoms with van der Waals surface area (Å²) in [6.45, 7) is 0. The predicted octanol–water partition coefficient (Wildman–Crippen LogP) is 1.74. The Balaban J connectivity index is 2.14. The van der Waals surface area contributed by atoms with Crippen molar-refractivity contribution in [3.05, 3.63) is 17.1 Å². The van der Waals surface area contributed by atoms with E-state index in [1.165, 1.54) is 22.7 Å². The van der Waals surface area contributed by atoms with Crippen molar-refractivity contribution in [2.45, 2.75) is 0 Å². The van der Waals surface area contributed by atoms with Gasteiger partial charge in [-0.2, -0.15) is 0 Å². The highest BCUT2D eigenvalue weighted by molar-refractivity contribution is 7.15.